The minimum atomic E-state index is -0.362. The Morgan fingerprint density at radius 1 is 1.33 bits per heavy atom. The zero-order chi connectivity index (χ0) is 11.3. The van der Waals surface area contributed by atoms with Crippen molar-refractivity contribution in [3.63, 3.8) is 0 Å². The first kappa shape index (κ1) is 11.3. The normalized spacial score (nSPS) is 11.9. The summed E-state index contributed by atoms with van der Waals surface area (Å²) in [5.74, 6) is -0.362. The quantitative estimate of drug-likeness (QED) is 0.606. The van der Waals surface area contributed by atoms with Gasteiger partial charge in [0, 0.05) is 5.70 Å². The van der Waals surface area contributed by atoms with Gasteiger partial charge in [0.2, 0.25) is 0 Å². The van der Waals surface area contributed by atoms with Gasteiger partial charge in [0.15, 0.2) is 0 Å². The van der Waals surface area contributed by atoms with Crippen LogP contribution in [-0.2, 0) is 9.53 Å². The van der Waals surface area contributed by atoms with E-state index in [2.05, 4.69) is 0 Å². The first-order valence-corrected chi connectivity index (χ1v) is 4.85. The summed E-state index contributed by atoms with van der Waals surface area (Å²) in [5, 5.41) is 0. The van der Waals surface area contributed by atoms with Crippen molar-refractivity contribution >= 4 is 11.7 Å². The van der Waals surface area contributed by atoms with Crippen LogP contribution in [0.4, 0.5) is 0 Å². The van der Waals surface area contributed by atoms with Gasteiger partial charge in [0.25, 0.3) is 0 Å². The van der Waals surface area contributed by atoms with E-state index in [1.807, 2.05) is 30.3 Å². The van der Waals surface area contributed by atoms with Crippen molar-refractivity contribution < 1.29 is 9.53 Å². The highest BCUT2D eigenvalue weighted by molar-refractivity contribution is 5.96. The Morgan fingerprint density at radius 3 is 2.47 bits per heavy atom. The van der Waals surface area contributed by atoms with Crippen LogP contribution in [0.2, 0.25) is 0 Å². The molecule has 1 aromatic carbocycles. The van der Waals surface area contributed by atoms with Crippen LogP contribution in [-0.4, -0.2) is 12.6 Å². The Hall–Kier alpha value is -1.77. The fourth-order valence-electron chi connectivity index (χ4n) is 1.18. The maximum Gasteiger partial charge on any atom is 0.335 e. The van der Waals surface area contributed by atoms with Crippen LogP contribution in [0.25, 0.3) is 5.70 Å². The molecule has 0 saturated heterocycles. The van der Waals surface area contributed by atoms with Gasteiger partial charge in [0.1, 0.15) is 0 Å². The largest absolute Gasteiger partial charge is 0.463 e. The molecule has 0 spiro atoms. The lowest BCUT2D eigenvalue weighted by molar-refractivity contribution is -0.138. The van der Waals surface area contributed by atoms with Crippen LogP contribution in [0.1, 0.15) is 19.4 Å². The number of hydrogen-bond acceptors (Lipinski definition) is 3. The lowest BCUT2D eigenvalue weighted by Gasteiger charge is -2.06. The van der Waals surface area contributed by atoms with Crippen LogP contribution in [0.15, 0.2) is 35.9 Å². The van der Waals surface area contributed by atoms with Gasteiger partial charge in [-0.25, -0.2) is 4.79 Å². The van der Waals surface area contributed by atoms with Crippen LogP contribution in [0.3, 0.4) is 0 Å². The fourth-order valence-corrected chi connectivity index (χ4v) is 1.18. The third kappa shape index (κ3) is 2.84. The number of hydrogen-bond donors (Lipinski definition) is 1. The summed E-state index contributed by atoms with van der Waals surface area (Å²) in [6, 6.07) is 9.37. The van der Waals surface area contributed by atoms with E-state index in [1.54, 1.807) is 13.8 Å². The Bertz CT molecular complexity index is 368. The lowest BCUT2D eigenvalue weighted by Crippen LogP contribution is -2.11. The van der Waals surface area contributed by atoms with Gasteiger partial charge in [-0.15, -0.1) is 0 Å². The van der Waals surface area contributed by atoms with E-state index in [9.17, 15) is 4.79 Å². The Balaban J connectivity index is 2.95. The van der Waals surface area contributed by atoms with Gasteiger partial charge in [-0.05, 0) is 19.4 Å². The van der Waals surface area contributed by atoms with Gasteiger partial charge in [-0.3, -0.25) is 0 Å². The first-order valence-electron chi connectivity index (χ1n) is 4.85. The summed E-state index contributed by atoms with van der Waals surface area (Å²) in [6.07, 6.45) is 0. The van der Waals surface area contributed by atoms with E-state index in [1.165, 1.54) is 0 Å². The monoisotopic (exact) mass is 205 g/mol. The van der Waals surface area contributed by atoms with Crippen LogP contribution >= 0.6 is 0 Å². The van der Waals surface area contributed by atoms with Crippen molar-refractivity contribution in [1.29, 1.82) is 0 Å². The summed E-state index contributed by atoms with van der Waals surface area (Å²) in [7, 11) is 0. The molecule has 0 fully saturated rings. The van der Waals surface area contributed by atoms with Crippen LogP contribution < -0.4 is 5.73 Å². The molecule has 0 atom stereocenters. The lowest BCUT2D eigenvalue weighted by atomic mass is 10.1. The molecule has 0 radical (unpaired) electrons. The SMILES string of the molecule is CCOC(=O)/C(C)=C(/N)c1ccccc1. The molecule has 1 aromatic rings. The maximum absolute atomic E-state index is 11.4. The fraction of sp³-hybridized carbons (Fsp3) is 0.250. The summed E-state index contributed by atoms with van der Waals surface area (Å²) in [4.78, 5) is 11.4. The van der Waals surface area contributed by atoms with Crippen molar-refractivity contribution in [2.24, 2.45) is 5.73 Å². The van der Waals surface area contributed by atoms with Crippen molar-refractivity contribution in [3.05, 3.63) is 41.5 Å². The standard InChI is InChI=1S/C12H15NO2/c1-3-15-12(14)9(2)11(13)10-7-5-4-6-8-10/h4-8H,3,13H2,1-2H3/b11-9+. The molecule has 2 N–H and O–H groups in total. The summed E-state index contributed by atoms with van der Waals surface area (Å²) >= 11 is 0. The molecule has 3 nitrogen and oxygen atoms in total. The second-order valence-corrected chi connectivity index (χ2v) is 3.13. The topological polar surface area (TPSA) is 52.3 Å². The Labute approximate surface area is 89.5 Å². The smallest absolute Gasteiger partial charge is 0.335 e. The second-order valence-electron chi connectivity index (χ2n) is 3.13. The number of esters is 1. The molecule has 0 aliphatic carbocycles. The number of carbonyl (C=O) groups excluding carboxylic acids is 1. The van der Waals surface area contributed by atoms with Crippen molar-refractivity contribution in [2.45, 2.75) is 13.8 Å². The van der Waals surface area contributed by atoms with E-state index < -0.39 is 0 Å². The minimum absolute atomic E-state index is 0.359. The molecule has 15 heavy (non-hydrogen) atoms. The molecule has 0 amide bonds. The minimum Gasteiger partial charge on any atom is -0.463 e. The van der Waals surface area contributed by atoms with Gasteiger partial charge in [0.05, 0.1) is 12.2 Å². The molecule has 1 rings (SSSR count). The number of nitrogens with two attached hydrogens (primary N) is 1. The number of rotatable bonds is 3. The van der Waals surface area contributed by atoms with Crippen molar-refractivity contribution in [3.8, 4) is 0 Å². The van der Waals surface area contributed by atoms with E-state index in [-0.39, 0.29) is 5.97 Å². The third-order valence-corrected chi connectivity index (χ3v) is 2.07. The molecule has 0 aromatic heterocycles. The highest BCUT2D eigenvalue weighted by atomic mass is 16.5. The molecular weight excluding hydrogens is 190 g/mol. The number of ether oxygens (including phenoxy) is 1. The predicted octanol–water partition coefficient (Wildman–Crippen LogP) is 1.94. The maximum atomic E-state index is 11.4. The summed E-state index contributed by atoms with van der Waals surface area (Å²) < 4.78 is 4.87. The Morgan fingerprint density at radius 2 is 1.93 bits per heavy atom. The second kappa shape index (κ2) is 5.20. The van der Waals surface area contributed by atoms with Crippen molar-refractivity contribution in [2.75, 3.05) is 6.61 Å². The molecule has 0 aliphatic heterocycles. The number of benzene rings is 1. The molecule has 80 valence electrons. The summed E-state index contributed by atoms with van der Waals surface area (Å²) in [5.41, 5.74) is 7.60. The Kier molecular flexibility index (Phi) is 3.92. The van der Waals surface area contributed by atoms with E-state index >= 15 is 0 Å². The van der Waals surface area contributed by atoms with Gasteiger partial charge in [-0.2, -0.15) is 0 Å². The van der Waals surface area contributed by atoms with Gasteiger partial charge < -0.3 is 10.5 Å². The molecule has 3 heteroatoms. The zero-order valence-electron chi connectivity index (χ0n) is 8.99. The number of carbonyl (C=O) groups is 1. The van der Waals surface area contributed by atoms with E-state index in [4.69, 9.17) is 10.5 Å². The van der Waals surface area contributed by atoms with Gasteiger partial charge >= 0.3 is 5.97 Å². The van der Waals surface area contributed by atoms with E-state index in [0.29, 0.717) is 17.9 Å². The van der Waals surface area contributed by atoms with E-state index in [0.717, 1.165) is 5.56 Å². The average Bonchev–Trinajstić information content (AvgIpc) is 2.28. The van der Waals surface area contributed by atoms with Crippen LogP contribution in [0.5, 0.6) is 0 Å². The van der Waals surface area contributed by atoms with Crippen molar-refractivity contribution in [1.82, 2.24) is 0 Å². The highest BCUT2D eigenvalue weighted by Crippen LogP contribution is 2.13. The molecule has 0 saturated carbocycles. The summed E-state index contributed by atoms with van der Waals surface area (Å²) in [6.45, 7) is 3.79. The first-order chi connectivity index (χ1) is 7.16. The molecule has 0 heterocycles. The van der Waals surface area contributed by atoms with Gasteiger partial charge in [-0.1, -0.05) is 30.3 Å². The molecule has 0 aliphatic rings. The molecule has 0 unspecified atom stereocenters. The molecular formula is C12H15NO2. The zero-order valence-corrected chi connectivity index (χ0v) is 8.99. The van der Waals surface area contributed by atoms with Crippen LogP contribution in [0, 0.1) is 0 Å². The molecule has 0 bridgehead atoms. The highest BCUT2D eigenvalue weighted by Gasteiger charge is 2.10. The third-order valence-electron chi connectivity index (χ3n) is 2.07. The average molecular weight is 205 g/mol. The predicted molar refractivity (Wildman–Crippen MR) is 59.9 cm³/mol.